The van der Waals surface area contributed by atoms with Crippen LogP contribution in [0.2, 0.25) is 0 Å². The highest BCUT2D eigenvalue weighted by atomic mass is 16.3. The molecule has 0 radical (unpaired) electrons. The second kappa shape index (κ2) is 5.74. The molecule has 5 nitrogen and oxygen atoms in total. The highest BCUT2D eigenvalue weighted by Gasteiger charge is 2.21. The molecule has 0 aromatic carbocycles. The van der Waals surface area contributed by atoms with Crippen LogP contribution in [0, 0.1) is 5.92 Å². The van der Waals surface area contributed by atoms with Crippen LogP contribution in [-0.2, 0) is 0 Å². The van der Waals surface area contributed by atoms with Crippen molar-refractivity contribution in [1.82, 2.24) is 9.97 Å². The molecule has 0 bridgehead atoms. The van der Waals surface area contributed by atoms with Gasteiger partial charge < -0.3 is 15.3 Å². The maximum Gasteiger partial charge on any atom is 0.134 e. The van der Waals surface area contributed by atoms with Gasteiger partial charge in [-0.25, -0.2) is 9.97 Å². The summed E-state index contributed by atoms with van der Waals surface area (Å²) in [7, 11) is 0. The molecule has 5 heteroatoms. The quantitative estimate of drug-likeness (QED) is 0.864. The molecule has 104 valence electrons. The second-order valence-electron chi connectivity index (χ2n) is 5.67. The summed E-state index contributed by atoms with van der Waals surface area (Å²) >= 11 is 0. The van der Waals surface area contributed by atoms with Crippen molar-refractivity contribution in [3.8, 4) is 0 Å². The van der Waals surface area contributed by atoms with Crippen molar-refractivity contribution >= 4 is 11.6 Å². The third-order valence-electron chi connectivity index (χ3n) is 4.21. The van der Waals surface area contributed by atoms with Crippen molar-refractivity contribution in [2.24, 2.45) is 5.92 Å². The van der Waals surface area contributed by atoms with Crippen LogP contribution in [0.4, 0.5) is 11.6 Å². The van der Waals surface area contributed by atoms with Crippen molar-refractivity contribution in [3.05, 3.63) is 12.4 Å². The van der Waals surface area contributed by atoms with Gasteiger partial charge in [0.15, 0.2) is 0 Å². The molecule has 1 saturated heterocycles. The van der Waals surface area contributed by atoms with Crippen LogP contribution in [0.25, 0.3) is 0 Å². The van der Waals surface area contributed by atoms with Crippen LogP contribution < -0.4 is 10.2 Å². The van der Waals surface area contributed by atoms with Crippen LogP contribution >= 0.6 is 0 Å². The fourth-order valence-electron chi connectivity index (χ4n) is 2.78. The maximum atomic E-state index is 9.30. The van der Waals surface area contributed by atoms with Crippen molar-refractivity contribution in [3.63, 3.8) is 0 Å². The van der Waals surface area contributed by atoms with E-state index in [1.165, 1.54) is 19.3 Å². The molecule has 19 heavy (non-hydrogen) atoms. The van der Waals surface area contributed by atoms with Crippen LogP contribution in [0.3, 0.4) is 0 Å². The Bertz CT molecular complexity index is 422. The van der Waals surface area contributed by atoms with E-state index in [0.29, 0.717) is 12.0 Å². The van der Waals surface area contributed by atoms with E-state index in [-0.39, 0.29) is 6.61 Å². The number of aromatic nitrogens is 2. The van der Waals surface area contributed by atoms with E-state index in [0.717, 1.165) is 37.6 Å². The van der Waals surface area contributed by atoms with Crippen LogP contribution in [0.1, 0.15) is 32.1 Å². The van der Waals surface area contributed by atoms with Gasteiger partial charge in [0.05, 0.1) is 0 Å². The molecule has 1 saturated carbocycles. The largest absolute Gasteiger partial charge is 0.396 e. The molecule has 0 spiro atoms. The van der Waals surface area contributed by atoms with Crippen molar-refractivity contribution in [2.45, 2.75) is 38.1 Å². The lowest BCUT2D eigenvalue weighted by molar-refractivity contribution is 0.208. The van der Waals surface area contributed by atoms with Crippen molar-refractivity contribution in [1.29, 1.82) is 0 Å². The van der Waals surface area contributed by atoms with Gasteiger partial charge in [-0.2, -0.15) is 0 Å². The predicted molar refractivity (Wildman–Crippen MR) is 75.3 cm³/mol. The van der Waals surface area contributed by atoms with Gasteiger partial charge >= 0.3 is 0 Å². The minimum absolute atomic E-state index is 0.273. The Morgan fingerprint density at radius 3 is 2.89 bits per heavy atom. The van der Waals surface area contributed by atoms with Gasteiger partial charge in [-0.3, -0.25) is 0 Å². The Hall–Kier alpha value is -1.36. The summed E-state index contributed by atoms with van der Waals surface area (Å²) in [5.41, 5.74) is 0. The molecule has 3 rings (SSSR count). The summed E-state index contributed by atoms with van der Waals surface area (Å²) < 4.78 is 0. The van der Waals surface area contributed by atoms with Gasteiger partial charge in [-0.15, -0.1) is 0 Å². The molecule has 0 amide bonds. The first-order valence-corrected chi connectivity index (χ1v) is 7.29. The number of anilines is 2. The van der Waals surface area contributed by atoms with Crippen LogP contribution in [0.15, 0.2) is 12.4 Å². The number of nitrogens with one attached hydrogen (secondary N) is 1. The Labute approximate surface area is 114 Å². The lowest BCUT2D eigenvalue weighted by Crippen LogP contribution is -2.37. The summed E-state index contributed by atoms with van der Waals surface area (Å²) in [6, 6.07) is 2.63. The highest BCUT2D eigenvalue weighted by Crippen LogP contribution is 2.25. The molecule has 1 aromatic rings. The maximum absolute atomic E-state index is 9.30. The summed E-state index contributed by atoms with van der Waals surface area (Å²) in [6.45, 7) is 2.20. The topological polar surface area (TPSA) is 61.3 Å². The molecular formula is C14H22N4O. The molecule has 2 N–H and O–H groups in total. The Kier molecular flexibility index (Phi) is 3.82. The van der Waals surface area contributed by atoms with Crippen molar-refractivity contribution < 1.29 is 5.11 Å². The van der Waals surface area contributed by atoms with E-state index < -0.39 is 0 Å². The zero-order valence-electron chi connectivity index (χ0n) is 11.3. The fourth-order valence-corrected chi connectivity index (χ4v) is 2.78. The van der Waals surface area contributed by atoms with Gasteiger partial charge in [-0.05, 0) is 38.0 Å². The summed E-state index contributed by atoms with van der Waals surface area (Å²) in [4.78, 5) is 10.9. The number of hydrogen-bond donors (Lipinski definition) is 2. The number of piperidine rings is 1. The number of aliphatic hydroxyl groups is 1. The van der Waals surface area contributed by atoms with Gasteiger partial charge in [0.25, 0.3) is 0 Å². The van der Waals surface area contributed by atoms with E-state index in [9.17, 15) is 5.11 Å². The normalized spacial score (nSPS) is 24.1. The van der Waals surface area contributed by atoms with E-state index in [2.05, 4.69) is 20.2 Å². The first-order valence-electron chi connectivity index (χ1n) is 7.29. The average molecular weight is 262 g/mol. The first-order chi connectivity index (χ1) is 9.35. The number of aliphatic hydroxyl groups excluding tert-OH is 1. The third kappa shape index (κ3) is 2.97. The third-order valence-corrected chi connectivity index (χ3v) is 4.21. The molecule has 2 heterocycles. The number of hydrogen-bond acceptors (Lipinski definition) is 5. The van der Waals surface area contributed by atoms with Crippen LogP contribution in [-0.4, -0.2) is 40.8 Å². The van der Waals surface area contributed by atoms with E-state index in [1.807, 2.05) is 6.07 Å². The molecule has 1 unspecified atom stereocenters. The predicted octanol–water partition coefficient (Wildman–Crippen LogP) is 1.65. The van der Waals surface area contributed by atoms with Crippen LogP contribution in [0.5, 0.6) is 0 Å². The Morgan fingerprint density at radius 1 is 1.26 bits per heavy atom. The molecule has 1 aliphatic heterocycles. The summed E-state index contributed by atoms with van der Waals surface area (Å²) in [5, 5.41) is 12.8. The molecule has 1 aliphatic carbocycles. The second-order valence-corrected chi connectivity index (χ2v) is 5.67. The van der Waals surface area contributed by atoms with E-state index >= 15 is 0 Å². The minimum Gasteiger partial charge on any atom is -0.396 e. The molecule has 2 fully saturated rings. The highest BCUT2D eigenvalue weighted by molar-refractivity contribution is 5.49. The minimum atomic E-state index is 0.273. The SMILES string of the molecule is OCC1CCCN(c2cc(NC3CCC3)ncn2)C1. The molecule has 2 aliphatic rings. The summed E-state index contributed by atoms with van der Waals surface area (Å²) in [6.07, 6.45) is 7.69. The molecular weight excluding hydrogens is 240 g/mol. The number of rotatable bonds is 4. The van der Waals surface area contributed by atoms with E-state index in [1.54, 1.807) is 6.33 Å². The first kappa shape index (κ1) is 12.7. The molecule has 1 aromatic heterocycles. The lowest BCUT2D eigenvalue weighted by Gasteiger charge is -2.33. The van der Waals surface area contributed by atoms with E-state index in [4.69, 9.17) is 0 Å². The lowest BCUT2D eigenvalue weighted by atomic mass is 9.93. The Morgan fingerprint density at radius 2 is 2.16 bits per heavy atom. The smallest absolute Gasteiger partial charge is 0.134 e. The van der Waals surface area contributed by atoms with Crippen molar-refractivity contribution in [2.75, 3.05) is 29.9 Å². The van der Waals surface area contributed by atoms with Gasteiger partial charge in [0.1, 0.15) is 18.0 Å². The standard InChI is InChI=1S/C14H22N4O/c19-9-11-3-2-6-18(8-11)14-7-13(15-10-16-14)17-12-4-1-5-12/h7,10-12,19H,1-6,8-9H2,(H,15,16,17). The monoisotopic (exact) mass is 262 g/mol. The average Bonchev–Trinajstić information content (AvgIpc) is 2.43. The number of nitrogens with zero attached hydrogens (tertiary/aromatic N) is 3. The fraction of sp³-hybridized carbons (Fsp3) is 0.714. The van der Waals surface area contributed by atoms with Gasteiger partial charge in [0.2, 0.25) is 0 Å². The van der Waals surface area contributed by atoms with Gasteiger partial charge in [-0.1, -0.05) is 0 Å². The summed E-state index contributed by atoms with van der Waals surface area (Å²) in [5.74, 6) is 2.29. The Balaban J connectivity index is 1.67. The van der Waals surface area contributed by atoms with Gasteiger partial charge in [0, 0.05) is 31.8 Å². The zero-order valence-corrected chi connectivity index (χ0v) is 11.3. The molecule has 1 atom stereocenters. The zero-order chi connectivity index (χ0) is 13.1.